The van der Waals surface area contributed by atoms with Crippen molar-refractivity contribution in [3.8, 4) is 0 Å². The normalized spacial score (nSPS) is 32.8. The second-order valence-electron chi connectivity index (χ2n) is 5.79. The molecule has 0 spiro atoms. The maximum atomic E-state index is 9.88. The number of aliphatic hydroxyl groups excluding tert-OH is 1. The fourth-order valence-electron chi connectivity index (χ4n) is 3.03. The van der Waals surface area contributed by atoms with Crippen LogP contribution in [0.2, 0.25) is 0 Å². The van der Waals surface area contributed by atoms with Crippen molar-refractivity contribution in [1.82, 2.24) is 0 Å². The minimum absolute atomic E-state index is 0.0126. The predicted octanol–water partition coefficient (Wildman–Crippen LogP) is 3.42. The third kappa shape index (κ3) is 5.64. The van der Waals surface area contributed by atoms with Crippen LogP contribution in [0, 0.1) is 5.92 Å². The van der Waals surface area contributed by atoms with Crippen molar-refractivity contribution in [2.24, 2.45) is 5.92 Å². The lowest BCUT2D eigenvalue weighted by Crippen LogP contribution is -2.24. The van der Waals surface area contributed by atoms with Gasteiger partial charge in [0.05, 0.1) is 12.7 Å². The van der Waals surface area contributed by atoms with Gasteiger partial charge in [-0.2, -0.15) is 0 Å². The zero-order chi connectivity index (χ0) is 13.3. The Morgan fingerprint density at radius 1 is 1.05 bits per heavy atom. The Balaban J connectivity index is 1.51. The molecule has 1 saturated heterocycles. The van der Waals surface area contributed by atoms with Gasteiger partial charge in [-0.3, -0.25) is 0 Å². The molecular formula is C16H28O3. The molecule has 0 amide bonds. The zero-order valence-corrected chi connectivity index (χ0v) is 11.9. The smallest absolute Gasteiger partial charge is 0.157 e. The lowest BCUT2D eigenvalue weighted by atomic mass is 9.83. The number of hydrogen-bond acceptors (Lipinski definition) is 3. The van der Waals surface area contributed by atoms with Crippen LogP contribution in [0.1, 0.15) is 57.8 Å². The standard InChI is InChI=1S/C16H28O3/c17-15-10-4-3-9-14(15)8-2-1-6-12-18-16-11-5-7-13-19-16/h1,6,14-17H,2-5,7-13H2/b6-1+/t14-,15-,16?/m0/s1. The fourth-order valence-corrected chi connectivity index (χ4v) is 3.03. The molecule has 0 aromatic rings. The van der Waals surface area contributed by atoms with Gasteiger partial charge in [0.25, 0.3) is 0 Å². The molecule has 0 aromatic heterocycles. The molecule has 1 aliphatic heterocycles. The van der Waals surface area contributed by atoms with Gasteiger partial charge in [0, 0.05) is 6.61 Å². The van der Waals surface area contributed by atoms with Gasteiger partial charge in [-0.05, 0) is 50.9 Å². The molecule has 1 aliphatic carbocycles. The fraction of sp³-hybridized carbons (Fsp3) is 0.875. The molecule has 0 aromatic carbocycles. The molecule has 1 saturated carbocycles. The van der Waals surface area contributed by atoms with E-state index in [9.17, 15) is 5.11 Å². The number of aliphatic hydroxyl groups is 1. The molecule has 2 rings (SSSR count). The van der Waals surface area contributed by atoms with Crippen LogP contribution in [-0.4, -0.2) is 30.7 Å². The molecule has 2 aliphatic rings. The third-order valence-corrected chi connectivity index (χ3v) is 4.26. The van der Waals surface area contributed by atoms with Gasteiger partial charge >= 0.3 is 0 Å². The summed E-state index contributed by atoms with van der Waals surface area (Å²) in [4.78, 5) is 0. The molecule has 110 valence electrons. The van der Waals surface area contributed by atoms with Crippen molar-refractivity contribution in [3.63, 3.8) is 0 Å². The van der Waals surface area contributed by atoms with Crippen LogP contribution in [-0.2, 0) is 9.47 Å². The van der Waals surface area contributed by atoms with Crippen molar-refractivity contribution in [3.05, 3.63) is 12.2 Å². The quantitative estimate of drug-likeness (QED) is 0.750. The number of rotatable bonds is 6. The highest BCUT2D eigenvalue weighted by molar-refractivity contribution is 4.84. The van der Waals surface area contributed by atoms with Gasteiger partial charge in [0.1, 0.15) is 0 Å². The zero-order valence-electron chi connectivity index (χ0n) is 11.9. The monoisotopic (exact) mass is 268 g/mol. The summed E-state index contributed by atoms with van der Waals surface area (Å²) in [6.07, 6.45) is 14.5. The van der Waals surface area contributed by atoms with Crippen molar-refractivity contribution in [2.75, 3.05) is 13.2 Å². The summed E-state index contributed by atoms with van der Waals surface area (Å²) in [6, 6.07) is 0. The van der Waals surface area contributed by atoms with E-state index in [0.717, 1.165) is 32.3 Å². The van der Waals surface area contributed by atoms with Gasteiger partial charge in [0.2, 0.25) is 0 Å². The summed E-state index contributed by atoms with van der Waals surface area (Å²) >= 11 is 0. The number of hydrogen-bond donors (Lipinski definition) is 1. The lowest BCUT2D eigenvalue weighted by Gasteiger charge is -2.27. The Labute approximate surface area is 117 Å². The Morgan fingerprint density at radius 2 is 1.89 bits per heavy atom. The Morgan fingerprint density at radius 3 is 2.68 bits per heavy atom. The molecule has 3 atom stereocenters. The topological polar surface area (TPSA) is 38.7 Å². The van der Waals surface area contributed by atoms with E-state index < -0.39 is 0 Å². The van der Waals surface area contributed by atoms with E-state index >= 15 is 0 Å². The lowest BCUT2D eigenvalue weighted by molar-refractivity contribution is -0.155. The average Bonchev–Trinajstić information content (AvgIpc) is 2.45. The van der Waals surface area contributed by atoms with Crippen LogP contribution in [0.5, 0.6) is 0 Å². The third-order valence-electron chi connectivity index (χ3n) is 4.26. The van der Waals surface area contributed by atoms with Crippen molar-refractivity contribution < 1.29 is 14.6 Å². The Kier molecular flexibility index (Phi) is 6.90. The van der Waals surface area contributed by atoms with Gasteiger partial charge in [0.15, 0.2) is 6.29 Å². The summed E-state index contributed by atoms with van der Waals surface area (Å²) in [7, 11) is 0. The van der Waals surface area contributed by atoms with Crippen LogP contribution >= 0.6 is 0 Å². The minimum atomic E-state index is -0.0611. The second-order valence-corrected chi connectivity index (χ2v) is 5.79. The first-order valence-electron chi connectivity index (χ1n) is 7.92. The van der Waals surface area contributed by atoms with Crippen LogP contribution < -0.4 is 0 Å². The maximum absolute atomic E-state index is 9.88. The van der Waals surface area contributed by atoms with E-state index in [-0.39, 0.29) is 12.4 Å². The first kappa shape index (κ1) is 15.0. The van der Waals surface area contributed by atoms with Crippen molar-refractivity contribution >= 4 is 0 Å². The highest BCUT2D eigenvalue weighted by Crippen LogP contribution is 2.27. The van der Waals surface area contributed by atoms with Crippen molar-refractivity contribution in [2.45, 2.75) is 70.2 Å². The van der Waals surface area contributed by atoms with Crippen molar-refractivity contribution in [1.29, 1.82) is 0 Å². The summed E-state index contributed by atoms with van der Waals surface area (Å²) in [5.41, 5.74) is 0. The van der Waals surface area contributed by atoms with E-state index in [1.54, 1.807) is 0 Å². The summed E-state index contributed by atoms with van der Waals surface area (Å²) < 4.78 is 11.1. The Bertz CT molecular complexity index is 259. The minimum Gasteiger partial charge on any atom is -0.393 e. The molecule has 1 unspecified atom stereocenters. The van der Waals surface area contributed by atoms with Gasteiger partial charge in [-0.15, -0.1) is 0 Å². The second kappa shape index (κ2) is 8.72. The molecule has 3 nitrogen and oxygen atoms in total. The molecule has 3 heteroatoms. The van der Waals surface area contributed by atoms with Crippen LogP contribution in [0.15, 0.2) is 12.2 Å². The van der Waals surface area contributed by atoms with Gasteiger partial charge in [-0.1, -0.05) is 25.0 Å². The van der Waals surface area contributed by atoms with E-state index in [2.05, 4.69) is 12.2 Å². The molecule has 1 heterocycles. The average molecular weight is 268 g/mol. The SMILES string of the molecule is O[C@H]1CCCC[C@@H]1CC/C=C/COC1CCCCO1. The number of allylic oxidation sites excluding steroid dienone is 1. The molecule has 0 radical (unpaired) electrons. The summed E-state index contributed by atoms with van der Waals surface area (Å²) in [6.45, 7) is 1.49. The van der Waals surface area contributed by atoms with Crippen LogP contribution in [0.3, 0.4) is 0 Å². The van der Waals surface area contributed by atoms with E-state index in [1.807, 2.05) is 0 Å². The van der Waals surface area contributed by atoms with E-state index in [0.29, 0.717) is 12.5 Å². The van der Waals surface area contributed by atoms with Crippen LogP contribution in [0.25, 0.3) is 0 Å². The summed E-state index contributed by atoms with van der Waals surface area (Å²) in [5.74, 6) is 0.515. The highest BCUT2D eigenvalue weighted by atomic mass is 16.7. The molecular weight excluding hydrogens is 240 g/mol. The first-order valence-corrected chi connectivity index (χ1v) is 7.92. The highest BCUT2D eigenvalue weighted by Gasteiger charge is 2.21. The molecule has 0 bridgehead atoms. The molecule has 19 heavy (non-hydrogen) atoms. The van der Waals surface area contributed by atoms with Gasteiger partial charge < -0.3 is 14.6 Å². The first-order chi connectivity index (χ1) is 9.36. The van der Waals surface area contributed by atoms with E-state index in [1.165, 1.54) is 32.1 Å². The largest absolute Gasteiger partial charge is 0.393 e. The van der Waals surface area contributed by atoms with Gasteiger partial charge in [-0.25, -0.2) is 0 Å². The molecule has 2 fully saturated rings. The molecule has 1 N–H and O–H groups in total. The Hall–Kier alpha value is -0.380. The maximum Gasteiger partial charge on any atom is 0.157 e. The summed E-state index contributed by atoms with van der Waals surface area (Å²) in [5, 5.41) is 9.88. The predicted molar refractivity (Wildman–Crippen MR) is 75.9 cm³/mol. The number of ether oxygens (including phenoxy) is 2. The van der Waals surface area contributed by atoms with E-state index in [4.69, 9.17) is 9.47 Å². The van der Waals surface area contributed by atoms with Crippen LogP contribution in [0.4, 0.5) is 0 Å².